The Kier molecular flexibility index (Phi) is 6.56. The third-order valence-corrected chi connectivity index (χ3v) is 5.51. The molecular weight excluding hydrogens is 431 g/mol. The van der Waals surface area contributed by atoms with Crippen LogP contribution in [0.25, 0.3) is 0 Å². The number of carbonyl (C=O) groups is 1. The van der Waals surface area contributed by atoms with Crippen LogP contribution in [0.5, 0.6) is 11.5 Å². The van der Waals surface area contributed by atoms with Gasteiger partial charge in [0, 0.05) is 18.8 Å². The van der Waals surface area contributed by atoms with Crippen molar-refractivity contribution < 1.29 is 14.3 Å². The van der Waals surface area contributed by atoms with Gasteiger partial charge in [-0.3, -0.25) is 9.79 Å². The molecule has 0 radical (unpaired) electrons. The number of hydrogen-bond acceptors (Lipinski definition) is 4. The highest BCUT2D eigenvalue weighted by Crippen LogP contribution is 2.37. The molecule has 1 aromatic rings. The van der Waals surface area contributed by atoms with Crippen molar-refractivity contribution in [3.05, 3.63) is 17.7 Å². The maximum absolute atomic E-state index is 12.9. The number of halogens is 1. The van der Waals surface area contributed by atoms with E-state index in [1.54, 1.807) is 13.2 Å². The van der Waals surface area contributed by atoms with Crippen LogP contribution in [-0.4, -0.2) is 47.8 Å². The van der Waals surface area contributed by atoms with Gasteiger partial charge in [0.25, 0.3) is 5.91 Å². The number of piperidine rings is 1. The maximum atomic E-state index is 12.9. The molecule has 1 saturated heterocycles. The Labute approximate surface area is 162 Å². The maximum Gasteiger partial charge on any atom is 0.256 e. The van der Waals surface area contributed by atoms with Crippen LogP contribution >= 0.6 is 22.6 Å². The Morgan fingerprint density at radius 1 is 1.24 bits per heavy atom. The fourth-order valence-electron chi connectivity index (χ4n) is 3.34. The van der Waals surface area contributed by atoms with Crippen molar-refractivity contribution >= 4 is 40.4 Å². The van der Waals surface area contributed by atoms with Crippen LogP contribution in [0.2, 0.25) is 0 Å². The number of alkyl halides is 1. The summed E-state index contributed by atoms with van der Waals surface area (Å²) in [4.78, 5) is 19.5. The third kappa shape index (κ3) is 4.27. The normalized spacial score (nSPS) is 19.2. The summed E-state index contributed by atoms with van der Waals surface area (Å²) in [6.07, 6.45) is 8.48. The number of amides is 1. The number of ether oxygens (including phenoxy) is 2. The lowest BCUT2D eigenvalue weighted by Gasteiger charge is -2.32. The predicted molar refractivity (Wildman–Crippen MR) is 108 cm³/mol. The molecule has 1 amide bonds. The van der Waals surface area contributed by atoms with Crippen LogP contribution in [0, 0.1) is 0 Å². The zero-order chi connectivity index (χ0) is 17.6. The molecule has 1 fully saturated rings. The summed E-state index contributed by atoms with van der Waals surface area (Å²) in [6.45, 7) is 1.45. The van der Waals surface area contributed by atoms with Gasteiger partial charge in [-0.05, 0) is 49.0 Å². The Balaban J connectivity index is 1.81. The van der Waals surface area contributed by atoms with Gasteiger partial charge in [0.05, 0.1) is 31.0 Å². The molecule has 0 saturated carbocycles. The van der Waals surface area contributed by atoms with Crippen molar-refractivity contribution in [1.82, 2.24) is 4.90 Å². The number of aliphatic imine (C=N–C) groups is 1. The summed E-state index contributed by atoms with van der Waals surface area (Å²) < 4.78 is 12.6. The van der Waals surface area contributed by atoms with Crippen LogP contribution < -0.4 is 9.47 Å². The number of fused-ring (bicyclic) bond motifs is 2. The zero-order valence-electron chi connectivity index (χ0n) is 14.7. The van der Waals surface area contributed by atoms with Gasteiger partial charge in [-0.15, -0.1) is 0 Å². The predicted octanol–water partition coefficient (Wildman–Crippen LogP) is 4.39. The average molecular weight is 456 g/mol. The van der Waals surface area contributed by atoms with E-state index in [1.807, 2.05) is 17.2 Å². The molecule has 0 spiro atoms. The van der Waals surface area contributed by atoms with E-state index in [1.165, 1.54) is 10.8 Å². The van der Waals surface area contributed by atoms with Crippen LogP contribution in [-0.2, 0) is 0 Å². The zero-order valence-corrected chi connectivity index (χ0v) is 16.8. The molecule has 1 aromatic carbocycles. The van der Waals surface area contributed by atoms with Crippen LogP contribution in [0.3, 0.4) is 0 Å². The van der Waals surface area contributed by atoms with E-state index in [0.29, 0.717) is 29.4 Å². The van der Waals surface area contributed by atoms with E-state index < -0.39 is 0 Å². The molecule has 6 heteroatoms. The summed E-state index contributed by atoms with van der Waals surface area (Å²) in [6, 6.07) is 3.74. The number of carbonyl (C=O) groups excluding carboxylic acids is 1. The first kappa shape index (κ1) is 18.5. The third-order valence-electron chi connectivity index (χ3n) is 4.74. The Bertz CT molecular complexity index is 648. The lowest BCUT2D eigenvalue weighted by atomic mass is 10.0. The fourth-order valence-corrected chi connectivity index (χ4v) is 3.88. The number of benzene rings is 1. The molecule has 1 atom stereocenters. The molecule has 3 rings (SSSR count). The van der Waals surface area contributed by atoms with Gasteiger partial charge >= 0.3 is 0 Å². The minimum Gasteiger partial charge on any atom is -0.493 e. The molecule has 2 aliphatic rings. The molecular formula is C19H25IN2O3. The quantitative estimate of drug-likeness (QED) is 0.348. The van der Waals surface area contributed by atoms with Crippen LogP contribution in [0.1, 0.15) is 48.9 Å². The summed E-state index contributed by atoms with van der Waals surface area (Å²) in [5.74, 6) is 1.32. The van der Waals surface area contributed by atoms with Crippen molar-refractivity contribution in [2.75, 3.05) is 24.7 Å². The van der Waals surface area contributed by atoms with E-state index in [2.05, 4.69) is 27.6 Å². The van der Waals surface area contributed by atoms with Crippen molar-refractivity contribution in [2.24, 2.45) is 4.99 Å². The van der Waals surface area contributed by atoms with Gasteiger partial charge in [-0.1, -0.05) is 22.6 Å². The lowest BCUT2D eigenvalue weighted by Crippen LogP contribution is -2.43. The number of unbranched alkanes of at least 4 members (excludes halogenated alkanes) is 2. The highest BCUT2D eigenvalue weighted by Gasteiger charge is 2.31. The number of nitrogens with zero attached hydrogens (tertiary/aromatic N) is 2. The molecule has 25 heavy (non-hydrogen) atoms. The number of rotatable bonds is 7. The van der Waals surface area contributed by atoms with Crippen molar-refractivity contribution in [3.63, 3.8) is 0 Å². The number of methoxy groups -OCH3 is 1. The van der Waals surface area contributed by atoms with Crippen LogP contribution in [0.15, 0.2) is 17.1 Å². The monoisotopic (exact) mass is 456 g/mol. The second kappa shape index (κ2) is 8.87. The minimum absolute atomic E-state index is 0.0455. The average Bonchev–Trinajstić information content (AvgIpc) is 2.78. The van der Waals surface area contributed by atoms with Gasteiger partial charge in [-0.25, -0.2) is 0 Å². The molecule has 0 bridgehead atoms. The molecule has 136 valence electrons. The topological polar surface area (TPSA) is 51.1 Å². The molecule has 0 aliphatic carbocycles. The molecule has 0 unspecified atom stereocenters. The summed E-state index contributed by atoms with van der Waals surface area (Å²) in [5.41, 5.74) is 1.29. The first-order valence-corrected chi connectivity index (χ1v) is 10.5. The molecule has 2 aliphatic heterocycles. The van der Waals surface area contributed by atoms with Crippen LogP contribution in [0.4, 0.5) is 5.69 Å². The Hall–Kier alpha value is -1.31. The van der Waals surface area contributed by atoms with Gasteiger partial charge in [-0.2, -0.15) is 0 Å². The smallest absolute Gasteiger partial charge is 0.256 e. The highest BCUT2D eigenvalue weighted by molar-refractivity contribution is 14.1. The largest absolute Gasteiger partial charge is 0.493 e. The van der Waals surface area contributed by atoms with Gasteiger partial charge in [0.15, 0.2) is 11.5 Å². The Morgan fingerprint density at radius 2 is 2.12 bits per heavy atom. The van der Waals surface area contributed by atoms with E-state index in [-0.39, 0.29) is 11.9 Å². The second-order valence-electron chi connectivity index (χ2n) is 6.46. The first-order chi connectivity index (χ1) is 12.2. The van der Waals surface area contributed by atoms with E-state index in [0.717, 1.165) is 38.6 Å². The Morgan fingerprint density at radius 3 is 2.92 bits per heavy atom. The first-order valence-electron chi connectivity index (χ1n) is 9.00. The SMILES string of the molecule is COc1cc2c(cc1OCCCCCI)N=C[C@@H]1CCCCN1C2=O. The summed E-state index contributed by atoms with van der Waals surface area (Å²) in [5, 5.41) is 0. The molecule has 5 nitrogen and oxygen atoms in total. The van der Waals surface area contributed by atoms with Crippen molar-refractivity contribution in [1.29, 1.82) is 0 Å². The van der Waals surface area contributed by atoms with Gasteiger partial charge in [0.1, 0.15) is 0 Å². The summed E-state index contributed by atoms with van der Waals surface area (Å²) >= 11 is 2.39. The second-order valence-corrected chi connectivity index (χ2v) is 7.54. The van der Waals surface area contributed by atoms with Crippen molar-refractivity contribution in [3.8, 4) is 11.5 Å². The molecule has 0 N–H and O–H groups in total. The van der Waals surface area contributed by atoms with Crippen molar-refractivity contribution in [2.45, 2.75) is 44.6 Å². The lowest BCUT2D eigenvalue weighted by molar-refractivity contribution is 0.0688. The highest BCUT2D eigenvalue weighted by atomic mass is 127. The van der Waals surface area contributed by atoms with E-state index in [9.17, 15) is 4.79 Å². The number of hydrogen-bond donors (Lipinski definition) is 0. The minimum atomic E-state index is 0.0455. The van der Waals surface area contributed by atoms with E-state index in [4.69, 9.17) is 9.47 Å². The standard InChI is InChI=1S/C19H25IN2O3/c1-24-17-11-15-16(12-18(17)25-10-6-2-4-8-20)21-13-14-7-3-5-9-22(14)19(15)23/h11-14H,2-10H2,1H3/t14-/m0/s1. The van der Waals surface area contributed by atoms with E-state index >= 15 is 0 Å². The van der Waals surface area contributed by atoms with Gasteiger partial charge < -0.3 is 14.4 Å². The summed E-state index contributed by atoms with van der Waals surface area (Å²) in [7, 11) is 1.61. The van der Waals surface area contributed by atoms with Gasteiger partial charge in [0.2, 0.25) is 0 Å². The molecule has 0 aromatic heterocycles. The molecule has 2 heterocycles. The fraction of sp³-hybridized carbons (Fsp3) is 0.579.